The number of hydrogen-bond donors (Lipinski definition) is 3. The van der Waals surface area contributed by atoms with Crippen LogP contribution in [0, 0.1) is 5.92 Å². The van der Waals surface area contributed by atoms with Gasteiger partial charge in [0.2, 0.25) is 0 Å². The first-order valence-corrected chi connectivity index (χ1v) is 7.88. The van der Waals surface area contributed by atoms with Crippen LogP contribution >= 0.6 is 12.4 Å². The van der Waals surface area contributed by atoms with Crippen molar-refractivity contribution in [1.29, 1.82) is 0 Å². The number of nitrogens with zero attached hydrogens (tertiary/aromatic N) is 2. The summed E-state index contributed by atoms with van der Waals surface area (Å²) in [4.78, 5) is 14.9. The molecule has 0 spiro atoms. The number of aromatic nitrogens is 2. The highest BCUT2D eigenvalue weighted by Crippen LogP contribution is 2.20. The van der Waals surface area contributed by atoms with Crippen LogP contribution in [0.5, 0.6) is 0 Å². The average molecular weight is 328 g/mol. The van der Waals surface area contributed by atoms with E-state index in [2.05, 4.69) is 46.5 Å². The highest BCUT2D eigenvalue weighted by Gasteiger charge is 2.33. The first kappa shape index (κ1) is 17.2. The van der Waals surface area contributed by atoms with Gasteiger partial charge in [0, 0.05) is 55.9 Å². The van der Waals surface area contributed by atoms with Crippen molar-refractivity contribution in [2.75, 3.05) is 19.6 Å². The maximum absolute atomic E-state index is 12.5. The Hall–Kier alpha value is -1.11. The van der Waals surface area contributed by atoms with Gasteiger partial charge in [-0.05, 0) is 19.8 Å². The molecule has 0 radical (unpaired) electrons. The Morgan fingerprint density at radius 2 is 2.18 bits per heavy atom. The molecule has 1 aromatic rings. The number of fused-ring (bicyclic) bond motifs is 1. The second-order valence-corrected chi connectivity index (χ2v) is 6.56. The Morgan fingerprint density at radius 3 is 2.86 bits per heavy atom. The van der Waals surface area contributed by atoms with E-state index in [0.29, 0.717) is 17.7 Å². The highest BCUT2D eigenvalue weighted by atomic mass is 35.5. The van der Waals surface area contributed by atoms with E-state index in [-0.39, 0.29) is 24.4 Å². The zero-order valence-electron chi connectivity index (χ0n) is 13.5. The van der Waals surface area contributed by atoms with Crippen LogP contribution in [-0.2, 0) is 13.0 Å². The summed E-state index contributed by atoms with van der Waals surface area (Å²) in [6, 6.07) is 0.737. The maximum Gasteiger partial charge on any atom is 0.272 e. The largest absolute Gasteiger partial charge is 0.346 e. The molecule has 3 N–H and O–H groups in total. The molecule has 3 rings (SSSR count). The maximum atomic E-state index is 12.5. The molecule has 2 unspecified atom stereocenters. The third kappa shape index (κ3) is 3.29. The van der Waals surface area contributed by atoms with Crippen molar-refractivity contribution in [3.05, 3.63) is 17.0 Å². The first-order valence-electron chi connectivity index (χ1n) is 7.88. The van der Waals surface area contributed by atoms with Crippen LogP contribution < -0.4 is 10.6 Å². The number of rotatable bonds is 3. The molecule has 0 saturated carbocycles. The third-order valence-corrected chi connectivity index (χ3v) is 4.71. The van der Waals surface area contributed by atoms with Crippen LogP contribution in [0.25, 0.3) is 0 Å². The van der Waals surface area contributed by atoms with E-state index >= 15 is 0 Å². The van der Waals surface area contributed by atoms with Crippen molar-refractivity contribution in [2.45, 2.75) is 45.8 Å². The van der Waals surface area contributed by atoms with E-state index in [1.165, 1.54) is 0 Å². The summed E-state index contributed by atoms with van der Waals surface area (Å²) in [5.41, 5.74) is 2.69. The van der Waals surface area contributed by atoms with Gasteiger partial charge in [-0.15, -0.1) is 12.4 Å². The molecule has 2 aliphatic heterocycles. The second kappa shape index (κ2) is 6.98. The predicted octanol–water partition coefficient (Wildman–Crippen LogP) is 0.936. The normalized spacial score (nSPS) is 24.9. The molecule has 1 fully saturated rings. The summed E-state index contributed by atoms with van der Waals surface area (Å²) >= 11 is 0. The monoisotopic (exact) mass is 327 g/mol. The van der Waals surface area contributed by atoms with Crippen molar-refractivity contribution in [3.63, 3.8) is 0 Å². The molecule has 1 saturated heterocycles. The topological polar surface area (TPSA) is 73.0 Å². The lowest BCUT2D eigenvalue weighted by Crippen LogP contribution is -2.41. The lowest BCUT2D eigenvalue weighted by atomic mass is 10.0. The summed E-state index contributed by atoms with van der Waals surface area (Å²) in [6.07, 6.45) is 0.913. The van der Waals surface area contributed by atoms with Gasteiger partial charge in [-0.3, -0.25) is 14.8 Å². The van der Waals surface area contributed by atoms with Crippen molar-refractivity contribution in [3.8, 4) is 0 Å². The third-order valence-electron chi connectivity index (χ3n) is 4.71. The van der Waals surface area contributed by atoms with Crippen LogP contribution in [0.4, 0.5) is 0 Å². The fraction of sp³-hybridized carbons (Fsp3) is 0.733. The zero-order valence-corrected chi connectivity index (χ0v) is 14.3. The van der Waals surface area contributed by atoms with Crippen LogP contribution in [-0.4, -0.2) is 52.7 Å². The van der Waals surface area contributed by atoms with Gasteiger partial charge in [-0.2, -0.15) is 5.10 Å². The zero-order chi connectivity index (χ0) is 15.0. The number of amides is 1. The number of nitrogens with one attached hydrogen (secondary N) is 3. The van der Waals surface area contributed by atoms with Gasteiger partial charge in [0.25, 0.3) is 5.91 Å². The minimum absolute atomic E-state index is 0. The molecule has 0 bridgehead atoms. The molecular formula is C15H26ClN5O. The van der Waals surface area contributed by atoms with Gasteiger partial charge in [0.05, 0.1) is 0 Å². The van der Waals surface area contributed by atoms with Crippen LogP contribution in [0.15, 0.2) is 0 Å². The fourth-order valence-corrected chi connectivity index (χ4v) is 3.26. The molecule has 3 heterocycles. The lowest BCUT2D eigenvalue weighted by Gasteiger charge is -2.20. The summed E-state index contributed by atoms with van der Waals surface area (Å²) < 4.78 is 0. The molecular weight excluding hydrogens is 302 g/mol. The smallest absolute Gasteiger partial charge is 0.272 e. The van der Waals surface area contributed by atoms with Gasteiger partial charge in [-0.25, -0.2) is 0 Å². The lowest BCUT2D eigenvalue weighted by molar-refractivity contribution is 0.0924. The Morgan fingerprint density at radius 1 is 1.41 bits per heavy atom. The van der Waals surface area contributed by atoms with Gasteiger partial charge < -0.3 is 10.6 Å². The van der Waals surface area contributed by atoms with Gasteiger partial charge in [0.1, 0.15) is 0 Å². The van der Waals surface area contributed by atoms with Gasteiger partial charge >= 0.3 is 0 Å². The van der Waals surface area contributed by atoms with Crippen molar-refractivity contribution < 1.29 is 4.79 Å². The molecule has 6 nitrogen and oxygen atoms in total. The molecule has 0 aromatic carbocycles. The Kier molecular flexibility index (Phi) is 5.47. The number of aromatic amines is 1. The molecule has 1 aromatic heterocycles. The molecule has 1 amide bonds. The van der Waals surface area contributed by atoms with E-state index < -0.39 is 0 Å². The molecule has 2 aliphatic rings. The average Bonchev–Trinajstić information content (AvgIpc) is 3.03. The first-order chi connectivity index (χ1) is 10.1. The number of carbonyl (C=O) groups is 1. The fourth-order valence-electron chi connectivity index (χ4n) is 3.26. The SMILES string of the molecule is CC1CN(C(C)C)CC1NC(=O)c1n[nH]c2c1CNCC2.Cl. The Bertz CT molecular complexity index is 530. The molecule has 124 valence electrons. The molecule has 22 heavy (non-hydrogen) atoms. The van der Waals surface area contributed by atoms with E-state index in [1.807, 2.05) is 0 Å². The van der Waals surface area contributed by atoms with Crippen LogP contribution in [0.1, 0.15) is 42.5 Å². The number of halogens is 1. The quantitative estimate of drug-likeness (QED) is 0.772. The van der Waals surface area contributed by atoms with E-state index in [4.69, 9.17) is 0 Å². The van der Waals surface area contributed by atoms with Gasteiger partial charge in [0.15, 0.2) is 5.69 Å². The highest BCUT2D eigenvalue weighted by molar-refractivity contribution is 5.94. The second-order valence-electron chi connectivity index (χ2n) is 6.56. The number of hydrogen-bond acceptors (Lipinski definition) is 4. The Labute approximate surface area is 137 Å². The summed E-state index contributed by atoms with van der Waals surface area (Å²) in [5, 5.41) is 13.7. The predicted molar refractivity (Wildman–Crippen MR) is 88.4 cm³/mol. The van der Waals surface area contributed by atoms with Crippen LogP contribution in [0.3, 0.4) is 0 Å². The summed E-state index contributed by atoms with van der Waals surface area (Å²) in [5.74, 6) is 0.433. The Balaban J connectivity index is 0.00000176. The van der Waals surface area contributed by atoms with Gasteiger partial charge in [-0.1, -0.05) is 6.92 Å². The number of carbonyl (C=O) groups excluding carboxylic acids is 1. The molecule has 0 aliphatic carbocycles. The van der Waals surface area contributed by atoms with Crippen molar-refractivity contribution >= 4 is 18.3 Å². The summed E-state index contributed by atoms with van der Waals surface area (Å²) in [6.45, 7) is 10.2. The minimum Gasteiger partial charge on any atom is -0.346 e. The summed E-state index contributed by atoms with van der Waals surface area (Å²) in [7, 11) is 0. The molecule has 2 atom stereocenters. The minimum atomic E-state index is -0.0429. The van der Waals surface area contributed by atoms with E-state index in [1.54, 1.807) is 0 Å². The standard InChI is InChI=1S/C15H25N5O.ClH/c1-9(2)20-7-10(3)13(8-20)17-15(21)14-11-6-16-5-4-12(11)18-19-14;/h9-10,13,16H,4-8H2,1-3H3,(H,17,21)(H,18,19);1H. The molecule has 7 heteroatoms. The van der Waals surface area contributed by atoms with E-state index in [9.17, 15) is 4.79 Å². The number of H-pyrrole nitrogens is 1. The van der Waals surface area contributed by atoms with E-state index in [0.717, 1.165) is 43.9 Å². The van der Waals surface area contributed by atoms with Crippen LogP contribution in [0.2, 0.25) is 0 Å². The van der Waals surface area contributed by atoms with Crippen molar-refractivity contribution in [2.24, 2.45) is 5.92 Å². The van der Waals surface area contributed by atoms with Crippen molar-refractivity contribution in [1.82, 2.24) is 25.7 Å². The number of likely N-dealkylation sites (tertiary alicyclic amines) is 1.